The number of hydrogen-bond donors (Lipinski definition) is 1. The van der Waals surface area contributed by atoms with Crippen molar-refractivity contribution in [2.75, 3.05) is 0 Å². The van der Waals surface area contributed by atoms with Crippen LogP contribution in [0.2, 0.25) is 0 Å². The van der Waals surface area contributed by atoms with E-state index in [1.165, 1.54) is 44.9 Å². The Morgan fingerprint density at radius 1 is 1.00 bits per heavy atom. The highest BCUT2D eigenvalue weighted by Crippen LogP contribution is 2.30. The molecule has 3 nitrogen and oxygen atoms in total. The molecule has 21 heavy (non-hydrogen) atoms. The van der Waals surface area contributed by atoms with E-state index in [9.17, 15) is 4.79 Å². The van der Waals surface area contributed by atoms with E-state index in [0.29, 0.717) is 18.6 Å². The highest BCUT2D eigenvalue weighted by atomic mass is 16.6. The molecule has 0 amide bonds. The summed E-state index contributed by atoms with van der Waals surface area (Å²) in [6, 6.07) is 0. The summed E-state index contributed by atoms with van der Waals surface area (Å²) >= 11 is 0. The monoisotopic (exact) mass is 296 g/mol. The van der Waals surface area contributed by atoms with Gasteiger partial charge in [0.1, 0.15) is 0 Å². The summed E-state index contributed by atoms with van der Waals surface area (Å²) in [7, 11) is 0. The summed E-state index contributed by atoms with van der Waals surface area (Å²) in [4.78, 5) is 10.4. The average Bonchev–Trinajstić information content (AvgIpc) is 3.20. The molecular weight excluding hydrogens is 264 g/mol. The molecule has 1 rings (SSSR count). The van der Waals surface area contributed by atoms with E-state index in [4.69, 9.17) is 9.84 Å². The topological polar surface area (TPSA) is 49.8 Å². The van der Waals surface area contributed by atoms with Crippen molar-refractivity contribution < 1.29 is 14.6 Å². The second-order valence-corrected chi connectivity index (χ2v) is 6.12. The van der Waals surface area contributed by atoms with Gasteiger partial charge in [-0.2, -0.15) is 0 Å². The molecule has 122 valence electrons. The average molecular weight is 296 g/mol. The summed E-state index contributed by atoms with van der Waals surface area (Å²) < 4.78 is 5.67. The van der Waals surface area contributed by atoms with Gasteiger partial charge in [-0.05, 0) is 32.1 Å². The first-order valence-electron chi connectivity index (χ1n) is 8.76. The number of hydrogen-bond acceptors (Lipinski definition) is 2. The van der Waals surface area contributed by atoms with Crippen LogP contribution in [0.15, 0.2) is 12.2 Å². The largest absolute Gasteiger partial charge is 0.481 e. The van der Waals surface area contributed by atoms with E-state index in [0.717, 1.165) is 25.7 Å². The number of unbranched alkanes of at least 4 members (excludes halogenated alkanes) is 7. The maximum absolute atomic E-state index is 10.4. The summed E-state index contributed by atoms with van der Waals surface area (Å²) in [5.74, 6) is -0.674. The molecule has 2 atom stereocenters. The van der Waals surface area contributed by atoms with Gasteiger partial charge in [0.15, 0.2) is 0 Å². The number of carboxylic acid groups (broad SMARTS) is 1. The van der Waals surface area contributed by atoms with Crippen molar-refractivity contribution >= 4 is 5.97 Å². The predicted molar refractivity (Wildman–Crippen MR) is 86.5 cm³/mol. The number of epoxide rings is 1. The minimum absolute atomic E-state index is 0.318. The van der Waals surface area contributed by atoms with Gasteiger partial charge in [0.05, 0.1) is 12.2 Å². The highest BCUT2D eigenvalue weighted by molar-refractivity contribution is 5.66. The van der Waals surface area contributed by atoms with E-state index < -0.39 is 5.97 Å². The molecule has 0 aliphatic carbocycles. The van der Waals surface area contributed by atoms with E-state index in [1.807, 2.05) is 0 Å². The number of aliphatic carboxylic acids is 1. The molecule has 1 heterocycles. The van der Waals surface area contributed by atoms with Crippen LogP contribution in [0.1, 0.15) is 84.0 Å². The molecule has 0 saturated carbocycles. The fourth-order valence-corrected chi connectivity index (χ4v) is 2.65. The fraction of sp³-hybridized carbons (Fsp3) is 0.833. The van der Waals surface area contributed by atoms with E-state index in [2.05, 4.69) is 19.1 Å². The van der Waals surface area contributed by atoms with E-state index in [-0.39, 0.29) is 0 Å². The molecule has 1 fully saturated rings. The number of rotatable bonds is 14. The van der Waals surface area contributed by atoms with Crippen LogP contribution in [0.3, 0.4) is 0 Å². The molecule has 0 aromatic carbocycles. The third kappa shape index (κ3) is 10.5. The standard InChI is InChI=1S/C18H32O3/c1-2-3-4-5-7-10-13-16-17(21-16)14-11-8-6-9-12-15-18(19)20/h7,10,16-17H,2-6,8-9,11-15H2,1H3,(H,19,20)/b10-7-. The lowest BCUT2D eigenvalue weighted by molar-refractivity contribution is -0.137. The van der Waals surface area contributed by atoms with Crippen LogP contribution in [-0.2, 0) is 9.53 Å². The summed E-state index contributed by atoms with van der Waals surface area (Å²) in [6.07, 6.45) is 18.7. The lowest BCUT2D eigenvalue weighted by atomic mass is 10.1. The molecular formula is C18H32O3. The summed E-state index contributed by atoms with van der Waals surface area (Å²) in [5.41, 5.74) is 0. The maximum atomic E-state index is 10.4. The van der Waals surface area contributed by atoms with Crippen molar-refractivity contribution in [3.05, 3.63) is 12.2 Å². The predicted octanol–water partition coefficient (Wildman–Crippen LogP) is 5.10. The van der Waals surface area contributed by atoms with Gasteiger partial charge in [-0.25, -0.2) is 0 Å². The summed E-state index contributed by atoms with van der Waals surface area (Å²) in [5, 5.41) is 8.54. The van der Waals surface area contributed by atoms with Gasteiger partial charge < -0.3 is 9.84 Å². The van der Waals surface area contributed by atoms with Gasteiger partial charge in [0, 0.05) is 6.42 Å². The Hall–Kier alpha value is -0.830. The SMILES string of the molecule is CCCCC/C=C\CC1OC1CCCCCCCC(=O)O. The van der Waals surface area contributed by atoms with Gasteiger partial charge in [0.25, 0.3) is 0 Å². The van der Waals surface area contributed by atoms with Crippen molar-refractivity contribution in [3.8, 4) is 0 Å². The highest BCUT2D eigenvalue weighted by Gasteiger charge is 2.36. The smallest absolute Gasteiger partial charge is 0.303 e. The zero-order chi connectivity index (χ0) is 15.3. The lowest BCUT2D eigenvalue weighted by Gasteiger charge is -1.99. The molecule has 0 spiro atoms. The first kappa shape index (κ1) is 18.2. The number of allylic oxidation sites excluding steroid dienone is 1. The first-order chi connectivity index (χ1) is 10.2. The van der Waals surface area contributed by atoms with Crippen LogP contribution in [0.25, 0.3) is 0 Å². The zero-order valence-corrected chi connectivity index (χ0v) is 13.6. The molecule has 0 bridgehead atoms. The van der Waals surface area contributed by atoms with Gasteiger partial charge in [-0.15, -0.1) is 0 Å². The second-order valence-electron chi connectivity index (χ2n) is 6.12. The van der Waals surface area contributed by atoms with Crippen molar-refractivity contribution in [1.29, 1.82) is 0 Å². The Morgan fingerprint density at radius 2 is 1.76 bits per heavy atom. The molecule has 0 aromatic heterocycles. The maximum Gasteiger partial charge on any atom is 0.303 e. The Morgan fingerprint density at radius 3 is 2.52 bits per heavy atom. The zero-order valence-electron chi connectivity index (χ0n) is 13.6. The van der Waals surface area contributed by atoms with Gasteiger partial charge in [-0.1, -0.05) is 57.6 Å². The third-order valence-electron chi connectivity index (χ3n) is 4.08. The quantitative estimate of drug-likeness (QED) is 0.276. The Labute approximate surface area is 129 Å². The third-order valence-corrected chi connectivity index (χ3v) is 4.08. The molecule has 1 aliphatic heterocycles. The van der Waals surface area contributed by atoms with Crippen LogP contribution in [0.5, 0.6) is 0 Å². The van der Waals surface area contributed by atoms with Crippen LogP contribution in [-0.4, -0.2) is 23.3 Å². The van der Waals surface area contributed by atoms with Crippen LogP contribution < -0.4 is 0 Å². The molecule has 1 saturated heterocycles. The second kappa shape index (κ2) is 11.8. The lowest BCUT2D eigenvalue weighted by Crippen LogP contribution is -1.94. The Kier molecular flexibility index (Phi) is 10.2. The van der Waals surface area contributed by atoms with E-state index >= 15 is 0 Å². The molecule has 2 unspecified atom stereocenters. The van der Waals surface area contributed by atoms with Gasteiger partial charge in [0.2, 0.25) is 0 Å². The summed E-state index contributed by atoms with van der Waals surface area (Å²) in [6.45, 7) is 2.23. The Bertz CT molecular complexity index is 299. The van der Waals surface area contributed by atoms with Crippen LogP contribution in [0, 0.1) is 0 Å². The number of ether oxygens (including phenoxy) is 1. The Balaban J connectivity index is 1.83. The van der Waals surface area contributed by atoms with Crippen molar-refractivity contribution in [2.45, 2.75) is 96.2 Å². The molecule has 0 aromatic rings. The molecule has 1 N–H and O–H groups in total. The van der Waals surface area contributed by atoms with Crippen LogP contribution in [0.4, 0.5) is 0 Å². The first-order valence-corrected chi connectivity index (χ1v) is 8.76. The van der Waals surface area contributed by atoms with Crippen molar-refractivity contribution in [3.63, 3.8) is 0 Å². The van der Waals surface area contributed by atoms with Crippen molar-refractivity contribution in [2.24, 2.45) is 0 Å². The number of carboxylic acids is 1. The van der Waals surface area contributed by atoms with Crippen molar-refractivity contribution in [1.82, 2.24) is 0 Å². The number of carbonyl (C=O) groups is 1. The fourth-order valence-electron chi connectivity index (χ4n) is 2.65. The molecule has 1 aliphatic rings. The van der Waals surface area contributed by atoms with Gasteiger partial charge in [-0.3, -0.25) is 4.79 Å². The molecule has 0 radical (unpaired) electrons. The van der Waals surface area contributed by atoms with Crippen LogP contribution >= 0.6 is 0 Å². The van der Waals surface area contributed by atoms with Gasteiger partial charge >= 0.3 is 5.97 Å². The van der Waals surface area contributed by atoms with E-state index in [1.54, 1.807) is 0 Å². The molecule has 3 heteroatoms. The minimum Gasteiger partial charge on any atom is -0.481 e. The minimum atomic E-state index is -0.674. The normalized spacial score (nSPS) is 21.0.